The van der Waals surface area contributed by atoms with E-state index < -0.39 is 0 Å². The molecule has 0 radical (unpaired) electrons. The molecule has 0 aliphatic rings. The van der Waals surface area contributed by atoms with Gasteiger partial charge in [0, 0.05) is 46.6 Å². The summed E-state index contributed by atoms with van der Waals surface area (Å²) in [6, 6.07) is 25.5. The zero-order valence-corrected chi connectivity index (χ0v) is 24.2. The molecule has 0 fully saturated rings. The van der Waals surface area contributed by atoms with E-state index in [0.29, 0.717) is 39.6 Å². The van der Waals surface area contributed by atoms with Gasteiger partial charge in [-0.2, -0.15) is 0 Å². The summed E-state index contributed by atoms with van der Waals surface area (Å²) in [6.07, 6.45) is 1.90. The Morgan fingerprint density at radius 1 is 0.459 bits per heavy atom. The second kappa shape index (κ2) is 15.3. The van der Waals surface area contributed by atoms with E-state index in [0.717, 1.165) is 46.3 Å². The quantitative estimate of drug-likeness (QED) is 0.124. The van der Waals surface area contributed by atoms with Crippen molar-refractivity contribution in [2.75, 3.05) is 63.4 Å². The van der Waals surface area contributed by atoms with Gasteiger partial charge in [0.15, 0.2) is 0 Å². The molecule has 4 aromatic rings. The SMILES string of the molecule is Brc1ccc2ccc(NCCCOCCOCCOCCCNc3ccc4ccc(Br)cc4c3)cc2c1. The summed E-state index contributed by atoms with van der Waals surface area (Å²) in [4.78, 5) is 0. The van der Waals surface area contributed by atoms with Gasteiger partial charge in [0.1, 0.15) is 0 Å². The Kier molecular flexibility index (Phi) is 11.5. The molecular formula is C30H34Br2N2O3. The van der Waals surface area contributed by atoms with Crippen molar-refractivity contribution in [1.82, 2.24) is 0 Å². The predicted octanol–water partition coefficient (Wildman–Crippen LogP) is 7.87. The maximum Gasteiger partial charge on any atom is 0.0701 e. The third kappa shape index (κ3) is 9.58. The number of fused-ring (bicyclic) bond motifs is 2. The number of rotatable bonds is 16. The second-order valence-corrected chi connectivity index (χ2v) is 10.6. The first-order chi connectivity index (χ1) is 18.2. The number of hydrogen-bond donors (Lipinski definition) is 2. The molecule has 0 saturated heterocycles. The monoisotopic (exact) mass is 628 g/mol. The summed E-state index contributed by atoms with van der Waals surface area (Å²) in [6.45, 7) is 5.59. The van der Waals surface area contributed by atoms with Gasteiger partial charge in [-0.25, -0.2) is 0 Å². The molecule has 0 saturated carbocycles. The van der Waals surface area contributed by atoms with Crippen LogP contribution >= 0.6 is 31.9 Å². The van der Waals surface area contributed by atoms with Crippen molar-refractivity contribution in [1.29, 1.82) is 0 Å². The molecule has 2 N–H and O–H groups in total. The third-order valence-corrected chi connectivity index (χ3v) is 6.92. The summed E-state index contributed by atoms with van der Waals surface area (Å²) in [5, 5.41) is 11.9. The number of nitrogens with one attached hydrogen (secondary N) is 2. The Morgan fingerprint density at radius 3 is 1.32 bits per heavy atom. The van der Waals surface area contributed by atoms with Crippen LogP contribution in [-0.2, 0) is 14.2 Å². The second-order valence-electron chi connectivity index (χ2n) is 8.81. The molecule has 0 amide bonds. The average Bonchev–Trinajstić information content (AvgIpc) is 2.90. The summed E-state index contributed by atoms with van der Waals surface area (Å²) < 4.78 is 19.1. The smallest absolute Gasteiger partial charge is 0.0701 e. The molecule has 0 heterocycles. The van der Waals surface area contributed by atoms with E-state index >= 15 is 0 Å². The number of benzene rings is 4. The van der Waals surface area contributed by atoms with Crippen molar-refractivity contribution in [3.8, 4) is 0 Å². The number of anilines is 2. The first-order valence-electron chi connectivity index (χ1n) is 12.8. The van der Waals surface area contributed by atoms with Gasteiger partial charge < -0.3 is 24.8 Å². The van der Waals surface area contributed by atoms with Crippen LogP contribution < -0.4 is 10.6 Å². The standard InChI is InChI=1S/C30H34Br2N2O3/c31-27-7-3-23-5-9-29(21-25(23)19-27)33-11-1-13-35-15-17-37-18-16-36-14-2-12-34-30-10-6-24-4-8-28(32)20-26(24)22-30/h3-10,19-22,33-34H,1-2,11-18H2. The molecular weight excluding hydrogens is 596 g/mol. The van der Waals surface area contributed by atoms with Crippen LogP contribution in [0.15, 0.2) is 81.7 Å². The molecule has 0 aliphatic heterocycles. The van der Waals surface area contributed by atoms with Crippen LogP contribution in [0, 0.1) is 0 Å². The molecule has 0 aromatic heterocycles. The minimum atomic E-state index is 0.593. The van der Waals surface area contributed by atoms with E-state index in [1.165, 1.54) is 21.5 Å². The van der Waals surface area contributed by atoms with Crippen molar-refractivity contribution >= 4 is 64.8 Å². The molecule has 0 spiro atoms. The van der Waals surface area contributed by atoms with E-state index in [2.05, 4.69) is 115 Å². The maximum absolute atomic E-state index is 5.67. The lowest BCUT2D eigenvalue weighted by atomic mass is 10.1. The zero-order chi connectivity index (χ0) is 25.7. The summed E-state index contributed by atoms with van der Waals surface area (Å²) in [7, 11) is 0. The molecule has 37 heavy (non-hydrogen) atoms. The normalized spacial score (nSPS) is 11.3. The fraction of sp³-hybridized carbons (Fsp3) is 0.333. The summed E-state index contributed by atoms with van der Waals surface area (Å²) in [5.74, 6) is 0. The van der Waals surface area contributed by atoms with Gasteiger partial charge in [0.2, 0.25) is 0 Å². The van der Waals surface area contributed by atoms with Crippen molar-refractivity contribution in [3.63, 3.8) is 0 Å². The highest BCUT2D eigenvalue weighted by molar-refractivity contribution is 9.10. The fourth-order valence-electron chi connectivity index (χ4n) is 4.01. The first kappa shape index (κ1) is 27.9. The molecule has 7 heteroatoms. The Bertz CT molecular complexity index is 1170. The van der Waals surface area contributed by atoms with Crippen LogP contribution in [0.25, 0.3) is 21.5 Å². The zero-order valence-electron chi connectivity index (χ0n) is 21.0. The van der Waals surface area contributed by atoms with Crippen LogP contribution in [0.1, 0.15) is 12.8 Å². The van der Waals surface area contributed by atoms with Crippen molar-refractivity contribution < 1.29 is 14.2 Å². The minimum Gasteiger partial charge on any atom is -0.385 e. The lowest BCUT2D eigenvalue weighted by molar-refractivity contribution is 0.0145. The van der Waals surface area contributed by atoms with E-state index in [1.807, 2.05) is 0 Å². The van der Waals surface area contributed by atoms with Crippen LogP contribution in [-0.4, -0.2) is 52.7 Å². The average molecular weight is 630 g/mol. The van der Waals surface area contributed by atoms with Crippen LogP contribution in [0.5, 0.6) is 0 Å². The maximum atomic E-state index is 5.67. The highest BCUT2D eigenvalue weighted by Gasteiger charge is 2.00. The van der Waals surface area contributed by atoms with Crippen molar-refractivity contribution in [3.05, 3.63) is 81.7 Å². The van der Waals surface area contributed by atoms with E-state index in [1.54, 1.807) is 0 Å². The molecule has 0 bridgehead atoms. The Balaban J connectivity index is 0.944. The lowest BCUT2D eigenvalue weighted by Crippen LogP contribution is -2.12. The molecule has 4 aromatic carbocycles. The molecule has 0 atom stereocenters. The van der Waals surface area contributed by atoms with Gasteiger partial charge in [-0.1, -0.05) is 56.1 Å². The highest BCUT2D eigenvalue weighted by atomic mass is 79.9. The molecule has 5 nitrogen and oxygen atoms in total. The summed E-state index contributed by atoms with van der Waals surface area (Å²) >= 11 is 7.07. The number of hydrogen-bond acceptors (Lipinski definition) is 5. The van der Waals surface area contributed by atoms with Gasteiger partial charge in [-0.05, 0) is 82.9 Å². The van der Waals surface area contributed by atoms with E-state index in [-0.39, 0.29) is 0 Å². The van der Waals surface area contributed by atoms with Gasteiger partial charge in [-0.3, -0.25) is 0 Å². The highest BCUT2D eigenvalue weighted by Crippen LogP contribution is 2.24. The number of halogens is 2. The van der Waals surface area contributed by atoms with Crippen LogP contribution in [0.3, 0.4) is 0 Å². The van der Waals surface area contributed by atoms with Crippen LogP contribution in [0.2, 0.25) is 0 Å². The van der Waals surface area contributed by atoms with Gasteiger partial charge in [0.05, 0.1) is 26.4 Å². The van der Waals surface area contributed by atoms with Gasteiger partial charge in [0.25, 0.3) is 0 Å². The molecule has 0 aliphatic carbocycles. The van der Waals surface area contributed by atoms with E-state index in [9.17, 15) is 0 Å². The van der Waals surface area contributed by atoms with Gasteiger partial charge >= 0.3 is 0 Å². The van der Waals surface area contributed by atoms with Gasteiger partial charge in [-0.15, -0.1) is 0 Å². The first-order valence-corrected chi connectivity index (χ1v) is 14.4. The number of ether oxygens (including phenoxy) is 3. The predicted molar refractivity (Wildman–Crippen MR) is 162 cm³/mol. The van der Waals surface area contributed by atoms with Crippen molar-refractivity contribution in [2.24, 2.45) is 0 Å². The molecule has 0 unspecified atom stereocenters. The van der Waals surface area contributed by atoms with Crippen molar-refractivity contribution in [2.45, 2.75) is 12.8 Å². The third-order valence-electron chi connectivity index (χ3n) is 5.94. The summed E-state index contributed by atoms with van der Waals surface area (Å²) in [5.41, 5.74) is 2.26. The minimum absolute atomic E-state index is 0.593. The largest absolute Gasteiger partial charge is 0.385 e. The Hall–Kier alpha value is -2.16. The Labute approximate surface area is 236 Å². The Morgan fingerprint density at radius 2 is 0.865 bits per heavy atom. The molecule has 4 rings (SSSR count). The van der Waals surface area contributed by atoms with E-state index in [4.69, 9.17) is 14.2 Å². The van der Waals surface area contributed by atoms with Crippen LogP contribution in [0.4, 0.5) is 11.4 Å². The lowest BCUT2D eigenvalue weighted by Gasteiger charge is -2.10. The fourth-order valence-corrected chi connectivity index (χ4v) is 4.77. The topological polar surface area (TPSA) is 51.8 Å². The molecule has 196 valence electrons.